The number of aryl methyl sites for hydroxylation is 1. The van der Waals surface area contributed by atoms with Crippen molar-refractivity contribution in [3.8, 4) is 0 Å². The molecule has 0 amide bonds. The Labute approximate surface area is 63.1 Å². The van der Waals surface area contributed by atoms with Crippen LogP contribution in [-0.2, 0) is 0 Å². The van der Waals surface area contributed by atoms with Crippen LogP contribution < -0.4 is 0 Å². The second-order valence-electron chi connectivity index (χ2n) is 1.57. The Bertz CT molecular complexity index is 245. The lowest BCUT2D eigenvalue weighted by atomic mass is 10.4. The van der Waals surface area contributed by atoms with E-state index in [0.717, 1.165) is 5.69 Å². The summed E-state index contributed by atoms with van der Waals surface area (Å²) in [6.45, 7) is 2.01. The van der Waals surface area contributed by atoms with Gasteiger partial charge in [-0.2, -0.15) is 4.99 Å². The number of rotatable bonds is 1. The summed E-state index contributed by atoms with van der Waals surface area (Å²) in [5.41, 5.74) is 0.940. The molecule has 0 aliphatic carbocycles. The van der Waals surface area contributed by atoms with E-state index in [1.807, 2.05) is 18.4 Å². The molecule has 46 valence electrons. The Kier molecular flexibility index (Phi) is 2.11. The molecule has 1 rings (SSSR count). The third-order valence-corrected chi connectivity index (χ3v) is 1.92. The number of thiophene rings is 1. The summed E-state index contributed by atoms with van der Waals surface area (Å²) in [5.74, 6) is 0. The SMILES string of the molecule is Cc1sccc1N=C=S. The van der Waals surface area contributed by atoms with Crippen molar-refractivity contribution >= 4 is 34.4 Å². The van der Waals surface area contributed by atoms with Gasteiger partial charge in [-0.15, -0.1) is 11.3 Å². The minimum absolute atomic E-state index is 0.940. The molecule has 0 bridgehead atoms. The highest BCUT2D eigenvalue weighted by Crippen LogP contribution is 2.22. The van der Waals surface area contributed by atoms with Gasteiger partial charge in [0.1, 0.15) is 0 Å². The second-order valence-corrected chi connectivity index (χ2v) is 2.87. The first-order valence-electron chi connectivity index (χ1n) is 2.46. The second kappa shape index (κ2) is 2.87. The van der Waals surface area contributed by atoms with Gasteiger partial charge in [0.15, 0.2) is 0 Å². The fraction of sp³-hybridized carbons (Fsp3) is 0.167. The van der Waals surface area contributed by atoms with E-state index in [1.54, 1.807) is 11.3 Å². The number of hydrogen-bond donors (Lipinski definition) is 0. The molecule has 0 fully saturated rings. The molecule has 0 aliphatic rings. The van der Waals surface area contributed by atoms with Crippen LogP contribution in [0.4, 0.5) is 5.69 Å². The Morgan fingerprint density at radius 2 is 2.56 bits per heavy atom. The van der Waals surface area contributed by atoms with Crippen molar-refractivity contribution in [1.82, 2.24) is 0 Å². The van der Waals surface area contributed by atoms with Crippen LogP contribution in [0.3, 0.4) is 0 Å². The molecule has 3 heteroatoms. The Hall–Kier alpha value is -0.500. The molecule has 1 aromatic heterocycles. The van der Waals surface area contributed by atoms with Crippen LogP contribution >= 0.6 is 23.6 Å². The molecular formula is C6H5NS2. The molecule has 0 saturated carbocycles. The minimum Gasteiger partial charge on any atom is -0.194 e. The average molecular weight is 155 g/mol. The van der Waals surface area contributed by atoms with Crippen molar-refractivity contribution in [1.29, 1.82) is 0 Å². The third-order valence-electron chi connectivity index (χ3n) is 0.998. The van der Waals surface area contributed by atoms with Gasteiger partial charge in [-0.1, -0.05) is 0 Å². The van der Waals surface area contributed by atoms with Crippen LogP contribution in [0.25, 0.3) is 0 Å². The lowest BCUT2D eigenvalue weighted by molar-refractivity contribution is 1.52. The number of nitrogens with zero attached hydrogens (tertiary/aromatic N) is 1. The first kappa shape index (κ1) is 6.62. The van der Waals surface area contributed by atoms with Gasteiger partial charge in [0.25, 0.3) is 0 Å². The molecule has 0 radical (unpaired) electrons. The number of aliphatic imine (C=N–C) groups is 1. The highest BCUT2D eigenvalue weighted by Gasteiger charge is 1.92. The molecule has 1 heterocycles. The van der Waals surface area contributed by atoms with E-state index in [0.29, 0.717) is 0 Å². The van der Waals surface area contributed by atoms with Crippen LogP contribution in [0.2, 0.25) is 0 Å². The van der Waals surface area contributed by atoms with E-state index < -0.39 is 0 Å². The standard InChI is InChI=1S/C6H5NS2/c1-5-6(7-4-8)2-3-9-5/h2-3H,1H3. The zero-order valence-corrected chi connectivity index (χ0v) is 6.55. The van der Waals surface area contributed by atoms with Gasteiger partial charge in [0.2, 0.25) is 0 Å². The van der Waals surface area contributed by atoms with Crippen LogP contribution in [0.15, 0.2) is 16.4 Å². The van der Waals surface area contributed by atoms with E-state index in [-0.39, 0.29) is 0 Å². The van der Waals surface area contributed by atoms with E-state index in [4.69, 9.17) is 0 Å². The van der Waals surface area contributed by atoms with E-state index in [2.05, 4.69) is 22.4 Å². The van der Waals surface area contributed by atoms with Crippen molar-refractivity contribution < 1.29 is 0 Å². The highest BCUT2D eigenvalue weighted by atomic mass is 32.1. The maximum Gasteiger partial charge on any atom is 0.0875 e. The van der Waals surface area contributed by atoms with E-state index in [9.17, 15) is 0 Å². The smallest absolute Gasteiger partial charge is 0.0875 e. The third kappa shape index (κ3) is 1.45. The van der Waals surface area contributed by atoms with E-state index in [1.165, 1.54) is 4.88 Å². The molecule has 0 aromatic carbocycles. The van der Waals surface area contributed by atoms with Crippen LogP contribution in [-0.4, -0.2) is 5.16 Å². The Morgan fingerprint density at radius 3 is 3.00 bits per heavy atom. The topological polar surface area (TPSA) is 12.4 Å². The Morgan fingerprint density at radius 1 is 1.78 bits per heavy atom. The lowest BCUT2D eigenvalue weighted by Crippen LogP contribution is -1.56. The number of isothiocyanates is 1. The Balaban J connectivity index is 3.07. The molecule has 0 unspecified atom stereocenters. The molecular weight excluding hydrogens is 150 g/mol. The lowest BCUT2D eigenvalue weighted by Gasteiger charge is -1.81. The van der Waals surface area contributed by atoms with Gasteiger partial charge >= 0.3 is 0 Å². The summed E-state index contributed by atoms with van der Waals surface area (Å²) in [6, 6.07) is 1.93. The minimum atomic E-state index is 0.940. The molecule has 0 aliphatic heterocycles. The molecule has 0 saturated heterocycles. The van der Waals surface area contributed by atoms with Crippen LogP contribution in [0.5, 0.6) is 0 Å². The summed E-state index contributed by atoms with van der Waals surface area (Å²) in [4.78, 5) is 5.03. The molecule has 0 atom stereocenters. The maximum atomic E-state index is 4.45. The van der Waals surface area contributed by atoms with Crippen molar-refractivity contribution in [2.45, 2.75) is 6.92 Å². The van der Waals surface area contributed by atoms with Gasteiger partial charge in [0, 0.05) is 4.88 Å². The van der Waals surface area contributed by atoms with Gasteiger partial charge < -0.3 is 0 Å². The molecule has 0 N–H and O–H groups in total. The molecule has 9 heavy (non-hydrogen) atoms. The fourth-order valence-electron chi connectivity index (χ4n) is 0.543. The summed E-state index contributed by atoms with van der Waals surface area (Å²) in [5, 5.41) is 4.31. The van der Waals surface area contributed by atoms with Crippen LogP contribution in [0, 0.1) is 6.92 Å². The van der Waals surface area contributed by atoms with Crippen LogP contribution in [0.1, 0.15) is 4.88 Å². The van der Waals surface area contributed by atoms with Gasteiger partial charge in [-0.25, -0.2) is 0 Å². The van der Waals surface area contributed by atoms with Crippen molar-refractivity contribution in [3.05, 3.63) is 16.3 Å². The quantitative estimate of drug-likeness (QED) is 0.448. The van der Waals surface area contributed by atoms with Gasteiger partial charge in [-0.05, 0) is 30.6 Å². The molecule has 1 aromatic rings. The average Bonchev–Trinajstić information content (AvgIpc) is 2.18. The fourth-order valence-corrected chi connectivity index (χ4v) is 1.28. The highest BCUT2D eigenvalue weighted by molar-refractivity contribution is 7.78. The number of thiocarbonyl (C=S) groups is 1. The van der Waals surface area contributed by atoms with Crippen molar-refractivity contribution in [2.75, 3.05) is 0 Å². The summed E-state index contributed by atoms with van der Waals surface area (Å²) < 4.78 is 0. The monoisotopic (exact) mass is 155 g/mol. The van der Waals surface area contributed by atoms with Gasteiger partial charge in [0.05, 0.1) is 10.8 Å². The summed E-state index contributed by atoms with van der Waals surface area (Å²) in [6.07, 6.45) is 0. The molecule has 0 spiro atoms. The van der Waals surface area contributed by atoms with Crippen molar-refractivity contribution in [2.24, 2.45) is 4.99 Å². The van der Waals surface area contributed by atoms with Gasteiger partial charge in [-0.3, -0.25) is 0 Å². The number of hydrogen-bond acceptors (Lipinski definition) is 3. The zero-order chi connectivity index (χ0) is 6.69. The zero-order valence-electron chi connectivity index (χ0n) is 4.92. The maximum absolute atomic E-state index is 4.45. The normalized spacial score (nSPS) is 8.56. The summed E-state index contributed by atoms with van der Waals surface area (Å²) >= 11 is 6.11. The first-order valence-corrected chi connectivity index (χ1v) is 3.75. The predicted molar refractivity (Wildman–Crippen MR) is 43.7 cm³/mol. The predicted octanol–water partition coefficient (Wildman–Crippen LogP) is 2.79. The first-order chi connectivity index (χ1) is 4.34. The van der Waals surface area contributed by atoms with E-state index >= 15 is 0 Å². The molecule has 1 nitrogen and oxygen atoms in total. The largest absolute Gasteiger partial charge is 0.194 e. The van der Waals surface area contributed by atoms with Crippen molar-refractivity contribution in [3.63, 3.8) is 0 Å². The summed E-state index contributed by atoms with van der Waals surface area (Å²) in [7, 11) is 0.